The van der Waals surface area contributed by atoms with Gasteiger partial charge in [0.1, 0.15) is 11.5 Å². The molecule has 1 heterocycles. The lowest BCUT2D eigenvalue weighted by Gasteiger charge is -2.25. The van der Waals surface area contributed by atoms with Gasteiger partial charge < -0.3 is 4.42 Å². The first-order chi connectivity index (χ1) is 8.18. The van der Waals surface area contributed by atoms with Gasteiger partial charge in [0.2, 0.25) is 6.54 Å². The molecule has 0 bridgehead atoms. The second-order valence-electron chi connectivity index (χ2n) is 4.46. The van der Waals surface area contributed by atoms with Crippen LogP contribution in [0.5, 0.6) is 0 Å². The van der Waals surface area contributed by atoms with Crippen LogP contribution in [0.4, 0.5) is 0 Å². The molecule has 1 saturated carbocycles. The molecule has 1 aromatic heterocycles. The normalized spacial score (nSPS) is 22.4. The Kier molecular flexibility index (Phi) is 3.56. The highest BCUT2D eigenvalue weighted by atomic mass is 16.6. The van der Waals surface area contributed by atoms with Crippen LogP contribution in [0.1, 0.15) is 37.4 Å². The van der Waals surface area contributed by atoms with Crippen LogP contribution in [0.2, 0.25) is 0 Å². The van der Waals surface area contributed by atoms with Crippen molar-refractivity contribution in [2.75, 3.05) is 6.54 Å². The van der Waals surface area contributed by atoms with Gasteiger partial charge in [-0.1, -0.05) is 6.42 Å². The summed E-state index contributed by atoms with van der Waals surface area (Å²) in [6.07, 6.45) is 4.64. The predicted octanol–water partition coefficient (Wildman–Crippen LogP) is 2.40. The standard InChI is InChI=1S/C12H15NO4/c14-11-5-2-1-4-9(11)10(8-13(15)16)12-6-3-7-17-12/h3,6-7,9-10H,1-2,4-5,8H2/t9-,10?/m1/s1. The van der Waals surface area contributed by atoms with Crippen molar-refractivity contribution in [1.29, 1.82) is 0 Å². The number of rotatable bonds is 4. The molecule has 1 unspecified atom stereocenters. The van der Waals surface area contributed by atoms with Crippen molar-refractivity contribution in [3.05, 3.63) is 34.3 Å². The van der Waals surface area contributed by atoms with Crippen LogP contribution >= 0.6 is 0 Å². The number of Topliss-reactive ketones (excluding diaryl/α,β-unsaturated/α-hetero) is 1. The summed E-state index contributed by atoms with van der Waals surface area (Å²) in [6, 6.07) is 3.42. The van der Waals surface area contributed by atoms with Gasteiger partial charge in [0.25, 0.3) is 0 Å². The fourth-order valence-corrected chi connectivity index (χ4v) is 2.51. The van der Waals surface area contributed by atoms with Gasteiger partial charge in [-0.25, -0.2) is 0 Å². The molecular formula is C12H15NO4. The van der Waals surface area contributed by atoms with Crippen molar-refractivity contribution >= 4 is 5.78 Å². The summed E-state index contributed by atoms with van der Waals surface area (Å²) in [5, 5.41) is 10.7. The third kappa shape index (κ3) is 2.72. The highest BCUT2D eigenvalue weighted by molar-refractivity contribution is 5.82. The molecule has 5 nitrogen and oxygen atoms in total. The lowest BCUT2D eigenvalue weighted by atomic mass is 9.78. The highest BCUT2D eigenvalue weighted by Gasteiger charge is 2.36. The van der Waals surface area contributed by atoms with Crippen molar-refractivity contribution < 1.29 is 14.1 Å². The van der Waals surface area contributed by atoms with E-state index in [1.54, 1.807) is 12.1 Å². The Hall–Kier alpha value is -1.65. The molecule has 2 rings (SSSR count). The van der Waals surface area contributed by atoms with Gasteiger partial charge in [0.05, 0.1) is 12.2 Å². The molecule has 0 N–H and O–H groups in total. The molecule has 0 radical (unpaired) electrons. The lowest BCUT2D eigenvalue weighted by Crippen LogP contribution is -2.29. The molecule has 0 amide bonds. The predicted molar refractivity (Wildman–Crippen MR) is 60.3 cm³/mol. The minimum atomic E-state index is -0.409. The molecule has 1 fully saturated rings. The molecule has 92 valence electrons. The molecule has 0 spiro atoms. The first kappa shape index (κ1) is 11.8. The summed E-state index contributed by atoms with van der Waals surface area (Å²) in [7, 11) is 0. The van der Waals surface area contributed by atoms with Crippen LogP contribution in [0.25, 0.3) is 0 Å². The SMILES string of the molecule is O=C1CCCC[C@@H]1C(C[N+](=O)[O-])c1ccco1. The van der Waals surface area contributed by atoms with Crippen LogP contribution in [0.3, 0.4) is 0 Å². The first-order valence-electron chi connectivity index (χ1n) is 5.86. The van der Waals surface area contributed by atoms with Gasteiger partial charge >= 0.3 is 0 Å². The number of hydrogen-bond donors (Lipinski definition) is 0. The lowest BCUT2D eigenvalue weighted by molar-refractivity contribution is -0.485. The van der Waals surface area contributed by atoms with E-state index < -0.39 is 5.92 Å². The van der Waals surface area contributed by atoms with Crippen LogP contribution in [-0.4, -0.2) is 17.3 Å². The molecule has 0 saturated heterocycles. The third-order valence-corrected chi connectivity index (χ3v) is 3.34. The van der Waals surface area contributed by atoms with Crippen molar-refractivity contribution in [3.63, 3.8) is 0 Å². The van der Waals surface area contributed by atoms with Crippen molar-refractivity contribution in [1.82, 2.24) is 0 Å². The molecule has 2 atom stereocenters. The van der Waals surface area contributed by atoms with Gasteiger partial charge in [-0.3, -0.25) is 14.9 Å². The van der Waals surface area contributed by atoms with Gasteiger partial charge in [0, 0.05) is 17.3 Å². The largest absolute Gasteiger partial charge is 0.469 e. The molecule has 5 heteroatoms. The maximum absolute atomic E-state index is 11.8. The van der Waals surface area contributed by atoms with E-state index in [0.717, 1.165) is 19.3 Å². The Bertz CT molecular complexity index is 399. The fourth-order valence-electron chi connectivity index (χ4n) is 2.51. The number of carbonyl (C=O) groups excluding carboxylic acids is 1. The Balaban J connectivity index is 2.20. The van der Waals surface area contributed by atoms with Crippen molar-refractivity contribution in [2.45, 2.75) is 31.6 Å². The molecule has 17 heavy (non-hydrogen) atoms. The molecule has 1 aliphatic rings. The summed E-state index contributed by atoms with van der Waals surface area (Å²) in [5.74, 6) is 0.0366. The smallest absolute Gasteiger partial charge is 0.214 e. The molecule has 1 aromatic rings. The average Bonchev–Trinajstić information content (AvgIpc) is 2.80. The summed E-state index contributed by atoms with van der Waals surface area (Å²) >= 11 is 0. The Morgan fingerprint density at radius 1 is 1.53 bits per heavy atom. The van der Waals surface area contributed by atoms with E-state index in [1.807, 2.05) is 0 Å². The maximum Gasteiger partial charge on any atom is 0.214 e. The van der Waals surface area contributed by atoms with Gasteiger partial charge in [-0.15, -0.1) is 0 Å². The quantitative estimate of drug-likeness (QED) is 0.595. The van der Waals surface area contributed by atoms with E-state index in [4.69, 9.17) is 4.42 Å². The maximum atomic E-state index is 11.8. The Morgan fingerprint density at radius 2 is 2.35 bits per heavy atom. The van der Waals surface area contributed by atoms with E-state index >= 15 is 0 Å². The van der Waals surface area contributed by atoms with E-state index in [2.05, 4.69) is 0 Å². The number of carbonyl (C=O) groups is 1. The Morgan fingerprint density at radius 3 is 2.94 bits per heavy atom. The number of nitrogens with zero attached hydrogens (tertiary/aromatic N) is 1. The zero-order valence-electron chi connectivity index (χ0n) is 9.50. The first-order valence-corrected chi connectivity index (χ1v) is 5.86. The second kappa shape index (κ2) is 5.12. The average molecular weight is 237 g/mol. The molecule has 0 aliphatic heterocycles. The third-order valence-electron chi connectivity index (χ3n) is 3.34. The van der Waals surface area contributed by atoms with Crippen LogP contribution in [0, 0.1) is 16.0 Å². The zero-order valence-corrected chi connectivity index (χ0v) is 9.50. The number of nitro groups is 1. The second-order valence-corrected chi connectivity index (χ2v) is 4.46. The number of hydrogen-bond acceptors (Lipinski definition) is 4. The zero-order chi connectivity index (χ0) is 12.3. The van der Waals surface area contributed by atoms with E-state index in [9.17, 15) is 14.9 Å². The molecule has 1 aliphatic carbocycles. The van der Waals surface area contributed by atoms with Crippen molar-refractivity contribution in [2.24, 2.45) is 5.92 Å². The summed E-state index contributed by atoms with van der Waals surface area (Å²) in [4.78, 5) is 22.2. The number of ketones is 1. The topological polar surface area (TPSA) is 73.3 Å². The molecular weight excluding hydrogens is 222 g/mol. The fraction of sp³-hybridized carbons (Fsp3) is 0.583. The van der Waals surface area contributed by atoms with Crippen LogP contribution in [-0.2, 0) is 4.79 Å². The minimum Gasteiger partial charge on any atom is -0.469 e. The van der Waals surface area contributed by atoms with Crippen LogP contribution < -0.4 is 0 Å². The summed E-state index contributed by atoms with van der Waals surface area (Å²) in [6.45, 7) is -0.232. The van der Waals surface area contributed by atoms with Crippen molar-refractivity contribution in [3.8, 4) is 0 Å². The summed E-state index contributed by atoms with van der Waals surface area (Å²) < 4.78 is 5.24. The van der Waals surface area contributed by atoms with Gasteiger partial charge in [-0.2, -0.15) is 0 Å². The minimum absolute atomic E-state index is 0.138. The molecule has 0 aromatic carbocycles. The van der Waals surface area contributed by atoms with E-state index in [0.29, 0.717) is 12.2 Å². The number of furan rings is 1. The summed E-state index contributed by atoms with van der Waals surface area (Å²) in [5.41, 5.74) is 0. The van der Waals surface area contributed by atoms with Crippen LogP contribution in [0.15, 0.2) is 22.8 Å². The van der Waals surface area contributed by atoms with Gasteiger partial charge in [-0.05, 0) is 25.0 Å². The Labute approximate surface area is 99.0 Å². The monoisotopic (exact) mass is 237 g/mol. The van der Waals surface area contributed by atoms with E-state index in [-0.39, 0.29) is 23.2 Å². The van der Waals surface area contributed by atoms with Gasteiger partial charge in [0.15, 0.2) is 0 Å². The highest BCUT2D eigenvalue weighted by Crippen LogP contribution is 2.34. The van der Waals surface area contributed by atoms with E-state index in [1.165, 1.54) is 6.26 Å².